The molecule has 0 fully saturated rings. The molecule has 0 amide bonds. The summed E-state index contributed by atoms with van der Waals surface area (Å²) in [6.07, 6.45) is 6.28. The number of pyridine rings is 1. The molecule has 5 rings (SSSR count). The van der Waals surface area contributed by atoms with Crippen molar-refractivity contribution in [1.29, 1.82) is 0 Å². The van der Waals surface area contributed by atoms with Crippen molar-refractivity contribution in [3.05, 3.63) is 78.8 Å². The summed E-state index contributed by atoms with van der Waals surface area (Å²) >= 11 is 5.73. The predicted molar refractivity (Wildman–Crippen MR) is 142 cm³/mol. The molecule has 5 aromatic rings. The number of nitrogens with one attached hydrogen (secondary N) is 1. The normalized spacial score (nSPS) is 11.8. The average molecular weight is 523 g/mol. The van der Waals surface area contributed by atoms with Gasteiger partial charge in [0.2, 0.25) is 15.9 Å². The summed E-state index contributed by atoms with van der Waals surface area (Å²) in [5.41, 5.74) is 4.21. The number of aromatic hydroxyl groups is 1. The van der Waals surface area contributed by atoms with Crippen LogP contribution >= 0.6 is 11.6 Å². The second-order valence-corrected chi connectivity index (χ2v) is 10.6. The first-order chi connectivity index (χ1) is 17.2. The largest absolute Gasteiger partial charge is 0.492 e. The van der Waals surface area contributed by atoms with E-state index in [1.165, 1.54) is 6.20 Å². The van der Waals surface area contributed by atoms with Crippen molar-refractivity contribution >= 4 is 54.9 Å². The van der Waals surface area contributed by atoms with Gasteiger partial charge >= 0.3 is 0 Å². The van der Waals surface area contributed by atoms with Crippen LogP contribution in [-0.4, -0.2) is 45.6 Å². The second kappa shape index (κ2) is 9.33. The minimum Gasteiger partial charge on any atom is -0.492 e. The maximum Gasteiger partial charge on any atom is 0.236 e. The molecule has 0 spiro atoms. The molecule has 36 heavy (non-hydrogen) atoms. The van der Waals surface area contributed by atoms with E-state index >= 15 is 0 Å². The number of alkyl halides is 1. The molecule has 2 aromatic carbocycles. The molecule has 10 heteroatoms. The van der Waals surface area contributed by atoms with Crippen LogP contribution in [0.4, 0.5) is 5.69 Å². The van der Waals surface area contributed by atoms with E-state index in [2.05, 4.69) is 14.3 Å². The number of Topliss-reactive ketones (excluding diaryl/α,β-unsaturated/α-hetero) is 1. The number of benzene rings is 2. The third kappa shape index (κ3) is 4.67. The highest BCUT2D eigenvalue weighted by Gasteiger charge is 2.19. The number of anilines is 1. The van der Waals surface area contributed by atoms with Crippen LogP contribution in [-0.2, 0) is 27.9 Å². The molecule has 0 saturated heterocycles. The average Bonchev–Trinajstić information content (AvgIpc) is 3.41. The van der Waals surface area contributed by atoms with Crippen LogP contribution in [0.3, 0.4) is 0 Å². The van der Waals surface area contributed by atoms with Crippen molar-refractivity contribution < 1.29 is 18.3 Å². The lowest BCUT2D eigenvalue weighted by Crippen LogP contribution is -2.10. The highest BCUT2D eigenvalue weighted by atomic mass is 35.5. The fourth-order valence-electron chi connectivity index (χ4n) is 4.47. The topological polar surface area (TPSA) is 106 Å². The Balaban J connectivity index is 1.73. The van der Waals surface area contributed by atoms with E-state index in [-0.39, 0.29) is 24.1 Å². The van der Waals surface area contributed by atoms with Gasteiger partial charge in [0.25, 0.3) is 0 Å². The van der Waals surface area contributed by atoms with Gasteiger partial charge in [-0.2, -0.15) is 0 Å². The molecule has 2 N–H and O–H groups in total. The molecule has 0 aliphatic heterocycles. The molecule has 8 nitrogen and oxygen atoms in total. The predicted octanol–water partition coefficient (Wildman–Crippen LogP) is 4.59. The molecule has 3 heterocycles. The Hall–Kier alpha value is -3.82. The number of carbonyl (C=O) groups is 1. The van der Waals surface area contributed by atoms with Crippen molar-refractivity contribution in [3.63, 3.8) is 0 Å². The Kier molecular flexibility index (Phi) is 6.19. The number of ketones is 1. The van der Waals surface area contributed by atoms with E-state index in [1.54, 1.807) is 22.9 Å². The Morgan fingerprint density at radius 3 is 2.58 bits per heavy atom. The van der Waals surface area contributed by atoms with Gasteiger partial charge in [0, 0.05) is 41.5 Å². The van der Waals surface area contributed by atoms with Gasteiger partial charge < -0.3 is 14.2 Å². The highest BCUT2D eigenvalue weighted by Crippen LogP contribution is 2.38. The molecular formula is C26H23ClN4O4S. The van der Waals surface area contributed by atoms with Gasteiger partial charge in [-0.15, -0.1) is 11.6 Å². The second-order valence-electron chi connectivity index (χ2n) is 8.63. The third-order valence-corrected chi connectivity index (χ3v) is 6.84. The van der Waals surface area contributed by atoms with Crippen molar-refractivity contribution in [2.75, 3.05) is 16.9 Å². The van der Waals surface area contributed by atoms with E-state index in [9.17, 15) is 18.3 Å². The number of fused-ring (bicyclic) bond motifs is 2. The van der Waals surface area contributed by atoms with Gasteiger partial charge in [-0.1, -0.05) is 30.3 Å². The smallest absolute Gasteiger partial charge is 0.236 e. The van der Waals surface area contributed by atoms with Crippen molar-refractivity contribution in [3.8, 4) is 17.0 Å². The maximum absolute atomic E-state index is 12.2. The van der Waals surface area contributed by atoms with E-state index in [4.69, 9.17) is 11.6 Å². The van der Waals surface area contributed by atoms with Crippen LogP contribution in [0.25, 0.3) is 32.9 Å². The first-order valence-corrected chi connectivity index (χ1v) is 13.6. The molecule has 3 aromatic heterocycles. The zero-order chi connectivity index (χ0) is 25.4. The van der Waals surface area contributed by atoms with Crippen molar-refractivity contribution in [1.82, 2.24) is 14.1 Å². The van der Waals surface area contributed by atoms with Gasteiger partial charge in [0.05, 0.1) is 29.9 Å². The van der Waals surface area contributed by atoms with Crippen LogP contribution in [0.5, 0.6) is 5.88 Å². The van der Waals surface area contributed by atoms with Gasteiger partial charge in [-0.25, -0.2) is 13.4 Å². The molecular weight excluding hydrogens is 500 g/mol. The molecule has 0 unspecified atom stereocenters. The van der Waals surface area contributed by atoms with Crippen molar-refractivity contribution in [2.24, 2.45) is 0 Å². The monoisotopic (exact) mass is 522 g/mol. The van der Waals surface area contributed by atoms with Gasteiger partial charge in [-0.3, -0.25) is 9.52 Å². The highest BCUT2D eigenvalue weighted by molar-refractivity contribution is 7.92. The standard InChI is InChI=1S/C26H23ClN4O4S/c1-36(34,35)29-23-11-18(12-24-21(23)8-10-30(24)14-17-5-3-2-4-6-17)22-16-31(15-19(32)13-27)25-20(22)7-9-28-26(25)33/h2-12,16,29H,13-15H2,1H3,(H,28,33). The molecule has 0 saturated carbocycles. The summed E-state index contributed by atoms with van der Waals surface area (Å²) < 4.78 is 30.7. The van der Waals surface area contributed by atoms with Crippen LogP contribution in [0, 0.1) is 0 Å². The Morgan fingerprint density at radius 2 is 1.86 bits per heavy atom. The zero-order valence-electron chi connectivity index (χ0n) is 19.3. The number of carbonyl (C=O) groups excluding carboxylic acids is 1. The third-order valence-electron chi connectivity index (χ3n) is 5.95. The van der Waals surface area contributed by atoms with Crippen molar-refractivity contribution in [2.45, 2.75) is 13.1 Å². The Labute approximate surface area is 212 Å². The summed E-state index contributed by atoms with van der Waals surface area (Å²) in [5, 5.41) is 11.9. The van der Waals surface area contributed by atoms with E-state index in [0.29, 0.717) is 28.7 Å². The van der Waals surface area contributed by atoms with E-state index < -0.39 is 10.0 Å². The quantitative estimate of drug-likeness (QED) is 0.290. The fourth-order valence-corrected chi connectivity index (χ4v) is 5.13. The van der Waals surface area contributed by atoms with Crippen LogP contribution in [0.2, 0.25) is 0 Å². The SMILES string of the molecule is CS(=O)(=O)Nc1cc(-c2cn(CC(=O)CCl)c3c(O)nccc23)cc2c1ccn2Cc1ccccc1. The van der Waals surface area contributed by atoms with Crippen LogP contribution in [0.1, 0.15) is 5.56 Å². The number of sulfonamides is 1. The molecule has 0 atom stereocenters. The first-order valence-electron chi connectivity index (χ1n) is 11.1. The van der Waals surface area contributed by atoms with Gasteiger partial charge in [0.15, 0.2) is 5.78 Å². The van der Waals surface area contributed by atoms with Crippen LogP contribution in [0.15, 0.2) is 73.2 Å². The Bertz CT molecular complexity index is 1710. The molecule has 184 valence electrons. The summed E-state index contributed by atoms with van der Waals surface area (Å²) in [6.45, 7) is 0.573. The van der Waals surface area contributed by atoms with Gasteiger partial charge in [-0.05, 0) is 35.4 Å². The lowest BCUT2D eigenvalue weighted by atomic mass is 10.0. The number of halogens is 1. The Morgan fingerprint density at radius 1 is 1.08 bits per heavy atom. The minimum absolute atomic E-state index is 0.0275. The molecule has 0 radical (unpaired) electrons. The number of aromatic nitrogens is 3. The lowest BCUT2D eigenvalue weighted by Gasteiger charge is -2.12. The first kappa shape index (κ1) is 23.9. The van der Waals surface area contributed by atoms with E-state index in [0.717, 1.165) is 28.3 Å². The number of rotatable bonds is 8. The van der Waals surface area contributed by atoms with Gasteiger partial charge in [0.1, 0.15) is 5.52 Å². The minimum atomic E-state index is -3.55. The number of hydrogen-bond donors (Lipinski definition) is 2. The maximum atomic E-state index is 12.2. The molecule has 0 aliphatic carbocycles. The number of hydrogen-bond acceptors (Lipinski definition) is 5. The molecule has 0 aliphatic rings. The lowest BCUT2D eigenvalue weighted by molar-refractivity contribution is -0.117. The summed E-state index contributed by atoms with van der Waals surface area (Å²) in [6, 6.07) is 17.3. The number of nitrogens with zero attached hydrogens (tertiary/aromatic N) is 3. The summed E-state index contributed by atoms with van der Waals surface area (Å²) in [5.74, 6) is -0.573. The fraction of sp³-hybridized carbons (Fsp3) is 0.154. The van der Waals surface area contributed by atoms with Crippen LogP contribution < -0.4 is 4.72 Å². The summed E-state index contributed by atoms with van der Waals surface area (Å²) in [7, 11) is -3.55. The summed E-state index contributed by atoms with van der Waals surface area (Å²) in [4.78, 5) is 16.1. The molecule has 0 bridgehead atoms. The zero-order valence-corrected chi connectivity index (χ0v) is 20.9. The van der Waals surface area contributed by atoms with E-state index in [1.807, 2.05) is 48.7 Å².